The van der Waals surface area contributed by atoms with Crippen LogP contribution in [-0.2, 0) is 4.74 Å². The highest BCUT2D eigenvalue weighted by atomic mass is 16.4. The maximum atomic E-state index is 8.44. The number of nitriles is 1. The van der Waals surface area contributed by atoms with Gasteiger partial charge in [0.25, 0.3) is 0 Å². The molecule has 1 fully saturated rings. The van der Waals surface area contributed by atoms with E-state index in [1.807, 2.05) is 0 Å². The van der Waals surface area contributed by atoms with Gasteiger partial charge < -0.3 is 9.64 Å². The molecule has 0 aromatic heterocycles. The zero-order valence-corrected chi connectivity index (χ0v) is 11.9. The molecule has 0 atom stereocenters. The van der Waals surface area contributed by atoms with Crippen molar-refractivity contribution in [3.05, 3.63) is 0 Å². The number of methoxy groups -OCH3 is 1. The fraction of sp³-hybridized carbons (Fsp3) is 0.929. The summed E-state index contributed by atoms with van der Waals surface area (Å²) in [7, 11) is 3.25. The van der Waals surface area contributed by atoms with Crippen LogP contribution in [0.2, 0.25) is 0 Å². The van der Waals surface area contributed by atoms with E-state index in [9.17, 15) is 0 Å². The van der Waals surface area contributed by atoms with Gasteiger partial charge in [0.2, 0.25) is 0 Å². The van der Waals surface area contributed by atoms with Crippen LogP contribution >= 0.6 is 0 Å². The van der Waals surface area contributed by atoms with Crippen molar-refractivity contribution in [2.75, 3.05) is 33.9 Å². The fourth-order valence-electron chi connectivity index (χ4n) is 2.22. The summed E-state index contributed by atoms with van der Waals surface area (Å²) in [6.07, 6.45) is 4.46. The van der Waals surface area contributed by atoms with Crippen LogP contribution in [0.1, 0.15) is 39.5 Å². The fourth-order valence-corrected chi connectivity index (χ4v) is 2.22. The summed E-state index contributed by atoms with van der Waals surface area (Å²) in [5, 5.41) is 8.44. The third-order valence-corrected chi connectivity index (χ3v) is 3.34. The molecule has 0 spiro atoms. The van der Waals surface area contributed by atoms with Gasteiger partial charge >= 0.3 is 0 Å². The van der Waals surface area contributed by atoms with Gasteiger partial charge in [-0.15, -0.1) is 0 Å². The van der Waals surface area contributed by atoms with E-state index in [-0.39, 0.29) is 0 Å². The number of nitrogens with zero attached hydrogens (tertiary/aromatic N) is 2. The first kappa shape index (κ1) is 16.4. The number of rotatable bonds is 4. The number of hydrogen-bond acceptors (Lipinski definition) is 3. The maximum absolute atomic E-state index is 8.44. The Morgan fingerprint density at radius 3 is 2.24 bits per heavy atom. The van der Waals surface area contributed by atoms with Crippen molar-refractivity contribution in [1.29, 1.82) is 5.26 Å². The van der Waals surface area contributed by atoms with Gasteiger partial charge in [0.1, 0.15) is 0 Å². The Kier molecular flexibility index (Phi) is 10.2. The summed E-state index contributed by atoms with van der Waals surface area (Å²) in [5.74, 6) is 1.78. The van der Waals surface area contributed by atoms with Crippen molar-refractivity contribution in [3.63, 3.8) is 0 Å². The standard InChI is InChI=1S/C12H22N2.C2H6O/c1-11(2)12-5-9-14(10-6-12)8-4-3-7-13;1-3-2/h11-12H,3-6,8-10H2,1-2H3;1-2H3. The summed E-state index contributed by atoms with van der Waals surface area (Å²) in [6.45, 7) is 8.27. The molecule has 0 aliphatic carbocycles. The SMILES string of the molecule is CC(C)C1CCN(CCCC#N)CC1.COC. The Labute approximate surface area is 107 Å². The molecular weight excluding hydrogens is 212 g/mol. The van der Waals surface area contributed by atoms with Gasteiger partial charge in [0.05, 0.1) is 6.07 Å². The molecule has 1 rings (SSSR count). The van der Waals surface area contributed by atoms with Crippen molar-refractivity contribution in [3.8, 4) is 6.07 Å². The zero-order valence-electron chi connectivity index (χ0n) is 11.9. The summed E-state index contributed by atoms with van der Waals surface area (Å²) in [4.78, 5) is 2.51. The van der Waals surface area contributed by atoms with Crippen molar-refractivity contribution < 1.29 is 4.74 Å². The Morgan fingerprint density at radius 2 is 1.82 bits per heavy atom. The molecule has 1 aliphatic heterocycles. The van der Waals surface area contributed by atoms with Crippen LogP contribution in [0.5, 0.6) is 0 Å². The Balaban J connectivity index is 0.000000770. The lowest BCUT2D eigenvalue weighted by Crippen LogP contribution is -2.35. The second kappa shape index (κ2) is 10.6. The maximum Gasteiger partial charge on any atom is 0.0622 e. The topological polar surface area (TPSA) is 36.3 Å². The first-order valence-corrected chi connectivity index (χ1v) is 6.65. The Hall–Kier alpha value is -0.590. The van der Waals surface area contributed by atoms with E-state index < -0.39 is 0 Å². The first-order valence-electron chi connectivity index (χ1n) is 6.65. The summed E-state index contributed by atoms with van der Waals surface area (Å²) in [5.41, 5.74) is 0. The van der Waals surface area contributed by atoms with Crippen LogP contribution in [0, 0.1) is 23.2 Å². The van der Waals surface area contributed by atoms with Crippen LogP contribution in [0.4, 0.5) is 0 Å². The molecule has 0 N–H and O–H groups in total. The molecule has 1 saturated heterocycles. The number of likely N-dealkylation sites (tertiary alicyclic amines) is 1. The lowest BCUT2D eigenvalue weighted by Gasteiger charge is -2.33. The van der Waals surface area contributed by atoms with E-state index in [4.69, 9.17) is 5.26 Å². The average molecular weight is 240 g/mol. The van der Waals surface area contributed by atoms with Gasteiger partial charge in [-0.05, 0) is 50.7 Å². The second-order valence-electron chi connectivity index (χ2n) is 5.09. The van der Waals surface area contributed by atoms with Crippen LogP contribution < -0.4 is 0 Å². The average Bonchev–Trinajstić information content (AvgIpc) is 2.31. The Morgan fingerprint density at radius 1 is 1.29 bits per heavy atom. The van der Waals surface area contributed by atoms with E-state index in [0.29, 0.717) is 6.42 Å². The highest BCUT2D eigenvalue weighted by molar-refractivity contribution is 4.76. The molecule has 0 bridgehead atoms. The number of unbranched alkanes of at least 4 members (excludes halogenated alkanes) is 1. The highest BCUT2D eigenvalue weighted by Gasteiger charge is 2.20. The summed E-state index contributed by atoms with van der Waals surface area (Å²) in [6, 6.07) is 2.21. The van der Waals surface area contributed by atoms with E-state index in [0.717, 1.165) is 24.8 Å². The first-order chi connectivity index (χ1) is 8.15. The largest absolute Gasteiger partial charge is 0.388 e. The third-order valence-electron chi connectivity index (χ3n) is 3.34. The number of piperidine rings is 1. The normalized spacial score (nSPS) is 17.4. The van der Waals surface area contributed by atoms with Crippen LogP contribution in [0.15, 0.2) is 0 Å². The smallest absolute Gasteiger partial charge is 0.0622 e. The summed E-state index contributed by atoms with van der Waals surface area (Å²) < 4.78 is 4.25. The molecule has 17 heavy (non-hydrogen) atoms. The lowest BCUT2D eigenvalue weighted by molar-refractivity contribution is 0.157. The van der Waals surface area contributed by atoms with Gasteiger partial charge in [0.15, 0.2) is 0 Å². The van der Waals surface area contributed by atoms with Crippen molar-refractivity contribution in [2.45, 2.75) is 39.5 Å². The molecule has 0 aromatic carbocycles. The molecule has 1 aliphatic rings. The van der Waals surface area contributed by atoms with E-state index in [1.54, 1.807) is 14.2 Å². The van der Waals surface area contributed by atoms with Crippen molar-refractivity contribution in [1.82, 2.24) is 4.90 Å². The minimum Gasteiger partial charge on any atom is -0.388 e. The Bertz CT molecular complexity index is 203. The van der Waals surface area contributed by atoms with E-state index in [2.05, 4.69) is 29.6 Å². The second-order valence-corrected chi connectivity index (χ2v) is 5.09. The molecule has 100 valence electrons. The molecule has 3 heteroatoms. The van der Waals surface area contributed by atoms with Crippen LogP contribution in [-0.4, -0.2) is 38.8 Å². The molecule has 3 nitrogen and oxygen atoms in total. The van der Waals surface area contributed by atoms with Gasteiger partial charge in [0, 0.05) is 20.6 Å². The molecule has 0 aromatic rings. The zero-order chi connectivity index (χ0) is 13.1. The molecule has 0 unspecified atom stereocenters. The molecule has 1 heterocycles. The number of ether oxygens (including phenoxy) is 1. The molecular formula is C14H28N2O. The van der Waals surface area contributed by atoms with Gasteiger partial charge in [-0.25, -0.2) is 0 Å². The monoisotopic (exact) mass is 240 g/mol. The molecule has 0 radical (unpaired) electrons. The predicted octanol–water partition coefficient (Wildman–Crippen LogP) is 2.92. The minimum atomic E-state index is 0.712. The number of hydrogen-bond donors (Lipinski definition) is 0. The lowest BCUT2D eigenvalue weighted by atomic mass is 9.87. The van der Waals surface area contributed by atoms with E-state index >= 15 is 0 Å². The van der Waals surface area contributed by atoms with Gasteiger partial charge in [-0.1, -0.05) is 13.8 Å². The quantitative estimate of drug-likeness (QED) is 0.709. The third kappa shape index (κ3) is 8.18. The van der Waals surface area contributed by atoms with Gasteiger partial charge in [-0.3, -0.25) is 0 Å². The molecule has 0 amide bonds. The van der Waals surface area contributed by atoms with Gasteiger partial charge in [-0.2, -0.15) is 5.26 Å². The summed E-state index contributed by atoms with van der Waals surface area (Å²) >= 11 is 0. The van der Waals surface area contributed by atoms with Crippen LogP contribution in [0.25, 0.3) is 0 Å². The van der Waals surface area contributed by atoms with Crippen molar-refractivity contribution >= 4 is 0 Å². The van der Waals surface area contributed by atoms with E-state index in [1.165, 1.54) is 25.9 Å². The highest BCUT2D eigenvalue weighted by Crippen LogP contribution is 2.24. The predicted molar refractivity (Wildman–Crippen MR) is 71.8 cm³/mol. The van der Waals surface area contributed by atoms with Crippen LogP contribution in [0.3, 0.4) is 0 Å². The van der Waals surface area contributed by atoms with Crippen molar-refractivity contribution in [2.24, 2.45) is 11.8 Å². The molecule has 0 saturated carbocycles. The minimum absolute atomic E-state index is 0.712.